The summed E-state index contributed by atoms with van der Waals surface area (Å²) >= 11 is 0. The van der Waals surface area contributed by atoms with Crippen LogP contribution >= 0.6 is 0 Å². The first-order valence-corrected chi connectivity index (χ1v) is 15.2. The first kappa shape index (κ1) is 34.9. The van der Waals surface area contributed by atoms with E-state index in [4.69, 9.17) is 4.74 Å². The summed E-state index contributed by atoms with van der Waals surface area (Å²) in [5.41, 5.74) is 2.72. The second-order valence-corrected chi connectivity index (χ2v) is 11.1. The number of nitrogens with one attached hydrogen (secondary N) is 2. The maximum atomic E-state index is 13.5. The normalized spacial score (nSPS) is 13.5. The molecule has 0 radical (unpaired) electrons. The Labute approximate surface area is 265 Å². The zero-order valence-corrected chi connectivity index (χ0v) is 25.6. The smallest absolute Gasteiger partial charge is 0.309 e. The van der Waals surface area contributed by atoms with Crippen molar-refractivity contribution in [3.8, 4) is 0 Å². The molecule has 3 aromatic carbocycles. The van der Waals surface area contributed by atoms with E-state index < -0.39 is 29.9 Å². The number of carbonyl (C=O) groups excluding carboxylic acids is 3. The van der Waals surface area contributed by atoms with Crippen molar-refractivity contribution in [3.63, 3.8) is 0 Å². The van der Waals surface area contributed by atoms with Crippen LogP contribution in [0.25, 0.3) is 0 Å². The molecule has 0 bridgehead atoms. The molecule has 2 amide bonds. The Bertz CT molecular complexity index is 1360. The van der Waals surface area contributed by atoms with E-state index in [-0.39, 0.29) is 43.7 Å². The molecule has 0 heterocycles. The lowest BCUT2D eigenvalue weighted by atomic mass is 9.96. The SMILES string of the molecule is C=CC[C@@H](CC(=O)N[C@H](CO)Cc1ccccc1)C(=O)N[C@H](COC(=O)[C@@H](CC=C)Cc1ccc(F)cc1)Cc1ccccc1. The van der Waals surface area contributed by atoms with Gasteiger partial charge in [0.2, 0.25) is 11.8 Å². The third-order valence-corrected chi connectivity index (χ3v) is 7.44. The molecule has 3 N–H and O–H groups in total. The van der Waals surface area contributed by atoms with Gasteiger partial charge in [-0.15, -0.1) is 13.2 Å². The number of hydrogen-bond donors (Lipinski definition) is 3. The zero-order valence-electron chi connectivity index (χ0n) is 25.6. The number of carbonyl (C=O) groups is 3. The largest absolute Gasteiger partial charge is 0.463 e. The third kappa shape index (κ3) is 12.5. The fraction of sp³-hybridized carbons (Fsp3) is 0.324. The lowest BCUT2D eigenvalue weighted by Gasteiger charge is -2.24. The van der Waals surface area contributed by atoms with Crippen molar-refractivity contribution in [2.45, 2.75) is 50.6 Å². The highest BCUT2D eigenvalue weighted by atomic mass is 19.1. The van der Waals surface area contributed by atoms with Crippen LogP contribution in [0.4, 0.5) is 4.39 Å². The van der Waals surface area contributed by atoms with Gasteiger partial charge in [0.1, 0.15) is 12.4 Å². The molecule has 238 valence electrons. The van der Waals surface area contributed by atoms with Gasteiger partial charge >= 0.3 is 5.97 Å². The van der Waals surface area contributed by atoms with Gasteiger partial charge in [-0.2, -0.15) is 0 Å². The topological polar surface area (TPSA) is 105 Å². The van der Waals surface area contributed by atoms with E-state index in [9.17, 15) is 23.9 Å². The van der Waals surface area contributed by atoms with Crippen LogP contribution in [0.2, 0.25) is 0 Å². The summed E-state index contributed by atoms with van der Waals surface area (Å²) in [5.74, 6) is -2.74. The monoisotopic (exact) mass is 614 g/mol. The molecule has 0 aromatic heterocycles. The van der Waals surface area contributed by atoms with Crippen LogP contribution in [0.15, 0.2) is 110 Å². The van der Waals surface area contributed by atoms with Crippen LogP contribution in [0.3, 0.4) is 0 Å². The minimum absolute atomic E-state index is 0.0762. The molecule has 8 heteroatoms. The van der Waals surface area contributed by atoms with Gasteiger partial charge in [-0.25, -0.2) is 4.39 Å². The molecule has 7 nitrogen and oxygen atoms in total. The van der Waals surface area contributed by atoms with Gasteiger partial charge in [0.25, 0.3) is 0 Å². The number of rotatable bonds is 19. The average molecular weight is 615 g/mol. The summed E-state index contributed by atoms with van der Waals surface area (Å²) in [6.07, 6.45) is 4.99. The van der Waals surface area contributed by atoms with E-state index in [0.717, 1.165) is 16.7 Å². The number of hydrogen-bond acceptors (Lipinski definition) is 5. The first-order chi connectivity index (χ1) is 21.8. The fourth-order valence-electron chi connectivity index (χ4n) is 5.09. The highest BCUT2D eigenvalue weighted by Gasteiger charge is 2.26. The molecule has 0 aliphatic heterocycles. The maximum absolute atomic E-state index is 13.5. The second-order valence-electron chi connectivity index (χ2n) is 11.1. The maximum Gasteiger partial charge on any atom is 0.309 e. The average Bonchev–Trinajstić information content (AvgIpc) is 3.04. The molecule has 0 aliphatic rings. The van der Waals surface area contributed by atoms with Crippen molar-refractivity contribution >= 4 is 17.8 Å². The summed E-state index contributed by atoms with van der Waals surface area (Å²) in [7, 11) is 0. The number of allylic oxidation sites excluding steroid dienone is 2. The molecule has 0 spiro atoms. The molecule has 3 rings (SSSR count). The molecular formula is C37H43FN2O5. The number of esters is 1. The number of benzene rings is 3. The zero-order chi connectivity index (χ0) is 32.4. The van der Waals surface area contributed by atoms with Crippen LogP contribution in [-0.4, -0.2) is 48.2 Å². The van der Waals surface area contributed by atoms with Gasteiger partial charge in [-0.05, 0) is 60.9 Å². The summed E-state index contributed by atoms with van der Waals surface area (Å²) in [5, 5.41) is 15.7. The summed E-state index contributed by atoms with van der Waals surface area (Å²) in [6, 6.07) is 24.0. The van der Waals surface area contributed by atoms with Crippen molar-refractivity contribution in [2.24, 2.45) is 11.8 Å². The van der Waals surface area contributed by atoms with E-state index in [2.05, 4.69) is 23.8 Å². The standard InChI is InChI=1S/C37H43FN2O5/c1-3-11-30(24-35(42)39-33(25-41)22-27-13-7-5-8-14-27)36(43)40-34(23-28-15-9-6-10-16-28)26-45-37(44)31(12-4-2)21-29-17-19-32(38)20-18-29/h3-10,13-20,30-31,33-34,41H,1-2,11-12,21-26H2,(H,39,42)(H,40,43)/t30-,31-,33-,34-/m0/s1. The molecule has 0 fully saturated rings. The predicted molar refractivity (Wildman–Crippen MR) is 174 cm³/mol. The molecule has 4 atom stereocenters. The second kappa shape index (κ2) is 19.0. The highest BCUT2D eigenvalue weighted by Crippen LogP contribution is 2.17. The lowest BCUT2D eigenvalue weighted by Crippen LogP contribution is -2.45. The van der Waals surface area contributed by atoms with Crippen LogP contribution < -0.4 is 10.6 Å². The Balaban J connectivity index is 1.65. The molecule has 0 aliphatic carbocycles. The van der Waals surface area contributed by atoms with Crippen molar-refractivity contribution in [1.82, 2.24) is 10.6 Å². The quantitative estimate of drug-likeness (QED) is 0.128. The summed E-state index contributed by atoms with van der Waals surface area (Å²) in [4.78, 5) is 39.6. The van der Waals surface area contributed by atoms with Crippen molar-refractivity contribution in [1.29, 1.82) is 0 Å². The van der Waals surface area contributed by atoms with E-state index >= 15 is 0 Å². The molecule has 0 saturated heterocycles. The van der Waals surface area contributed by atoms with Gasteiger partial charge < -0.3 is 20.5 Å². The third-order valence-electron chi connectivity index (χ3n) is 7.44. The lowest BCUT2D eigenvalue weighted by molar-refractivity contribution is -0.149. The Morgan fingerprint density at radius 2 is 1.27 bits per heavy atom. The van der Waals surface area contributed by atoms with Crippen molar-refractivity contribution in [2.75, 3.05) is 13.2 Å². The van der Waals surface area contributed by atoms with Crippen LogP contribution in [-0.2, 0) is 38.4 Å². The number of ether oxygens (including phenoxy) is 1. The van der Waals surface area contributed by atoms with Crippen LogP contribution in [0.1, 0.15) is 36.0 Å². The highest BCUT2D eigenvalue weighted by molar-refractivity contribution is 5.86. The van der Waals surface area contributed by atoms with Crippen LogP contribution in [0.5, 0.6) is 0 Å². The van der Waals surface area contributed by atoms with E-state index in [1.807, 2.05) is 60.7 Å². The Morgan fingerprint density at radius 3 is 1.82 bits per heavy atom. The number of aliphatic hydroxyl groups is 1. The number of amides is 2. The first-order valence-electron chi connectivity index (χ1n) is 15.2. The van der Waals surface area contributed by atoms with E-state index in [1.165, 1.54) is 12.1 Å². The van der Waals surface area contributed by atoms with Crippen LogP contribution in [0, 0.1) is 17.7 Å². The minimum atomic E-state index is -0.709. The van der Waals surface area contributed by atoms with Gasteiger partial charge in [0.05, 0.1) is 30.5 Å². The van der Waals surface area contributed by atoms with E-state index in [0.29, 0.717) is 25.7 Å². The van der Waals surface area contributed by atoms with E-state index in [1.54, 1.807) is 24.3 Å². The molecule has 0 unspecified atom stereocenters. The molecule has 3 aromatic rings. The Morgan fingerprint density at radius 1 is 0.733 bits per heavy atom. The molecule has 0 saturated carbocycles. The Kier molecular flexibility index (Phi) is 14.7. The van der Waals surface area contributed by atoms with Gasteiger partial charge in [-0.1, -0.05) is 84.9 Å². The predicted octanol–water partition coefficient (Wildman–Crippen LogP) is 5.13. The Hall–Kier alpha value is -4.56. The van der Waals surface area contributed by atoms with Crippen molar-refractivity contribution in [3.05, 3.63) is 133 Å². The summed E-state index contributed by atoms with van der Waals surface area (Å²) in [6.45, 7) is 7.19. The van der Waals surface area contributed by atoms with Gasteiger partial charge in [0, 0.05) is 6.42 Å². The number of halogens is 1. The fourth-order valence-corrected chi connectivity index (χ4v) is 5.09. The minimum Gasteiger partial charge on any atom is -0.463 e. The molecular weight excluding hydrogens is 571 g/mol. The van der Waals surface area contributed by atoms with Gasteiger partial charge in [0.15, 0.2) is 0 Å². The van der Waals surface area contributed by atoms with Gasteiger partial charge in [-0.3, -0.25) is 14.4 Å². The van der Waals surface area contributed by atoms with Crippen molar-refractivity contribution < 1.29 is 28.6 Å². The number of aliphatic hydroxyl groups excluding tert-OH is 1. The molecule has 45 heavy (non-hydrogen) atoms. The summed E-state index contributed by atoms with van der Waals surface area (Å²) < 4.78 is 19.1.